The van der Waals surface area contributed by atoms with Crippen LogP contribution in [0.1, 0.15) is 19.3 Å². The van der Waals surface area contributed by atoms with Crippen molar-refractivity contribution in [2.45, 2.75) is 24.4 Å². The second-order valence-corrected chi connectivity index (χ2v) is 6.19. The summed E-state index contributed by atoms with van der Waals surface area (Å²) in [4.78, 5) is 33.4. The van der Waals surface area contributed by atoms with E-state index in [0.717, 1.165) is 23.1 Å². The predicted molar refractivity (Wildman–Crippen MR) is 88.7 cm³/mol. The van der Waals surface area contributed by atoms with E-state index < -0.39 is 0 Å². The van der Waals surface area contributed by atoms with Crippen molar-refractivity contribution < 1.29 is 10.0 Å². The Morgan fingerprint density at radius 1 is 1.26 bits per heavy atom. The first-order chi connectivity index (χ1) is 11.2. The third-order valence-corrected chi connectivity index (χ3v) is 4.46. The minimum atomic E-state index is -0.387. The Hall–Kier alpha value is -2.32. The molecule has 0 spiro atoms. The Morgan fingerprint density at radius 3 is 2.91 bits per heavy atom. The fraction of sp³-hybridized carbons (Fsp3) is 0.267. The van der Waals surface area contributed by atoms with Crippen LogP contribution < -0.4 is 11.0 Å². The van der Waals surface area contributed by atoms with Crippen LogP contribution in [0.5, 0.6) is 0 Å². The summed E-state index contributed by atoms with van der Waals surface area (Å²) >= 11 is 1.45. The highest BCUT2D eigenvalue weighted by Gasteiger charge is 2.10. The summed E-state index contributed by atoms with van der Waals surface area (Å²) in [6, 6.07) is 7.67. The molecule has 0 atom stereocenters. The fourth-order valence-corrected chi connectivity index (χ4v) is 3.24. The summed E-state index contributed by atoms with van der Waals surface area (Å²) in [6.45, 7) is 0. The van der Waals surface area contributed by atoms with Crippen LogP contribution >= 0.6 is 11.8 Å². The van der Waals surface area contributed by atoms with E-state index in [9.17, 15) is 9.59 Å². The molecule has 0 saturated carbocycles. The minimum absolute atomic E-state index is 0.187. The maximum atomic E-state index is 12.2. The number of aromatic amines is 2. The molecule has 8 heteroatoms. The van der Waals surface area contributed by atoms with E-state index in [1.54, 1.807) is 5.48 Å². The number of nitrogens with one attached hydrogen (secondary N) is 3. The van der Waals surface area contributed by atoms with Crippen molar-refractivity contribution >= 4 is 39.6 Å². The Kier molecular flexibility index (Phi) is 4.63. The molecule has 3 rings (SSSR count). The van der Waals surface area contributed by atoms with E-state index in [1.807, 2.05) is 24.3 Å². The molecule has 0 aliphatic heterocycles. The molecule has 0 unspecified atom stereocenters. The summed E-state index contributed by atoms with van der Waals surface area (Å²) in [5.41, 5.74) is 3.46. The summed E-state index contributed by atoms with van der Waals surface area (Å²) < 4.78 is 0. The van der Waals surface area contributed by atoms with Crippen LogP contribution in [0.15, 0.2) is 34.2 Å². The highest BCUT2D eigenvalue weighted by atomic mass is 32.2. The molecule has 0 radical (unpaired) electrons. The van der Waals surface area contributed by atoms with E-state index >= 15 is 0 Å². The number of rotatable bonds is 6. The van der Waals surface area contributed by atoms with Gasteiger partial charge < -0.3 is 4.98 Å². The molecule has 120 valence electrons. The molecule has 1 aromatic carbocycles. The molecule has 3 aromatic rings. The third kappa shape index (κ3) is 3.38. The van der Waals surface area contributed by atoms with Crippen LogP contribution in [0.2, 0.25) is 0 Å². The number of aromatic nitrogens is 3. The number of hydrogen-bond acceptors (Lipinski definition) is 5. The van der Waals surface area contributed by atoms with Crippen molar-refractivity contribution in [3.05, 3.63) is 34.6 Å². The second-order valence-electron chi connectivity index (χ2n) is 5.11. The summed E-state index contributed by atoms with van der Waals surface area (Å²) in [5.74, 6) is 0.344. The van der Waals surface area contributed by atoms with Gasteiger partial charge in [-0.2, -0.15) is 0 Å². The highest BCUT2D eigenvalue weighted by Crippen LogP contribution is 2.23. The van der Waals surface area contributed by atoms with Gasteiger partial charge in [-0.1, -0.05) is 30.0 Å². The predicted octanol–water partition coefficient (Wildman–Crippen LogP) is 2.17. The van der Waals surface area contributed by atoms with Gasteiger partial charge in [-0.25, -0.2) is 10.5 Å². The maximum absolute atomic E-state index is 12.2. The van der Waals surface area contributed by atoms with Crippen molar-refractivity contribution in [3.8, 4) is 0 Å². The largest absolute Gasteiger partial charge is 0.349 e. The average Bonchev–Trinajstić information content (AvgIpc) is 2.94. The molecular formula is C15H16N4O3S. The van der Waals surface area contributed by atoms with E-state index in [-0.39, 0.29) is 17.9 Å². The zero-order valence-electron chi connectivity index (χ0n) is 12.3. The van der Waals surface area contributed by atoms with E-state index in [0.29, 0.717) is 22.6 Å². The van der Waals surface area contributed by atoms with Crippen LogP contribution in [-0.2, 0) is 4.79 Å². The lowest BCUT2D eigenvalue weighted by Crippen LogP contribution is -2.17. The van der Waals surface area contributed by atoms with E-state index in [1.165, 1.54) is 11.8 Å². The standard InChI is InChI=1S/C15H16N4O3S/c20-11(19-22)7-3-4-8-23-15-17-12-9-5-1-2-6-10(9)16-13(12)14(21)18-15/h1-2,5-6,16,22H,3-4,7-8H2,(H,19,20)(H,17,18,21). The van der Waals surface area contributed by atoms with Crippen molar-refractivity contribution in [2.24, 2.45) is 0 Å². The maximum Gasteiger partial charge on any atom is 0.275 e. The first-order valence-electron chi connectivity index (χ1n) is 7.25. The van der Waals surface area contributed by atoms with Gasteiger partial charge in [0.2, 0.25) is 5.91 Å². The van der Waals surface area contributed by atoms with Crippen LogP contribution in [0.3, 0.4) is 0 Å². The van der Waals surface area contributed by atoms with Crippen LogP contribution in [0.25, 0.3) is 21.9 Å². The number of nitrogens with zero attached hydrogens (tertiary/aromatic N) is 1. The number of hydrogen-bond donors (Lipinski definition) is 4. The lowest BCUT2D eigenvalue weighted by Gasteiger charge is -2.01. The van der Waals surface area contributed by atoms with E-state index in [4.69, 9.17) is 5.21 Å². The Morgan fingerprint density at radius 2 is 2.09 bits per heavy atom. The normalized spacial score (nSPS) is 11.2. The zero-order valence-corrected chi connectivity index (χ0v) is 13.1. The number of hydroxylamine groups is 1. The molecule has 0 bridgehead atoms. The molecule has 0 fully saturated rings. The van der Waals surface area contributed by atoms with Crippen LogP contribution in [0, 0.1) is 0 Å². The smallest absolute Gasteiger partial charge is 0.275 e. The number of carbonyl (C=O) groups is 1. The summed E-state index contributed by atoms with van der Waals surface area (Å²) in [5, 5.41) is 9.90. The van der Waals surface area contributed by atoms with Gasteiger partial charge in [0.15, 0.2) is 5.16 Å². The van der Waals surface area contributed by atoms with E-state index in [2.05, 4.69) is 15.0 Å². The number of amides is 1. The number of para-hydroxylation sites is 1. The number of thioether (sulfide) groups is 1. The number of carbonyl (C=O) groups excluding carboxylic acids is 1. The fourth-order valence-electron chi connectivity index (χ4n) is 2.38. The summed E-state index contributed by atoms with van der Waals surface area (Å²) in [6.07, 6.45) is 1.73. The third-order valence-electron chi connectivity index (χ3n) is 3.50. The molecular weight excluding hydrogens is 316 g/mol. The molecule has 2 heterocycles. The lowest BCUT2D eigenvalue weighted by atomic mass is 10.2. The molecule has 4 N–H and O–H groups in total. The molecule has 1 amide bonds. The molecule has 23 heavy (non-hydrogen) atoms. The van der Waals surface area contributed by atoms with Crippen molar-refractivity contribution in [1.29, 1.82) is 0 Å². The van der Waals surface area contributed by atoms with Gasteiger partial charge in [-0.05, 0) is 18.9 Å². The highest BCUT2D eigenvalue weighted by molar-refractivity contribution is 7.99. The van der Waals surface area contributed by atoms with Crippen LogP contribution in [-0.4, -0.2) is 31.8 Å². The Bertz CT molecular complexity index is 903. The van der Waals surface area contributed by atoms with Gasteiger partial charge in [-0.15, -0.1) is 0 Å². The van der Waals surface area contributed by atoms with Crippen LogP contribution in [0.4, 0.5) is 0 Å². The Labute approximate surface area is 135 Å². The first kappa shape index (κ1) is 15.6. The molecule has 0 saturated heterocycles. The van der Waals surface area contributed by atoms with Crippen molar-refractivity contribution in [3.63, 3.8) is 0 Å². The lowest BCUT2D eigenvalue weighted by molar-refractivity contribution is -0.129. The zero-order chi connectivity index (χ0) is 16.2. The molecule has 0 aliphatic rings. The Balaban J connectivity index is 1.73. The van der Waals surface area contributed by atoms with Gasteiger partial charge in [0.1, 0.15) is 11.0 Å². The molecule has 7 nitrogen and oxygen atoms in total. The SMILES string of the molecule is O=C(CCCCSc1nc2c([nH]c3ccccc32)c(=O)[nH]1)NO. The number of benzene rings is 1. The first-order valence-corrected chi connectivity index (χ1v) is 8.24. The monoisotopic (exact) mass is 332 g/mol. The topological polar surface area (TPSA) is 111 Å². The van der Waals surface area contributed by atoms with Gasteiger partial charge in [0.05, 0.1) is 0 Å². The number of unbranched alkanes of at least 4 members (excludes halogenated alkanes) is 1. The summed E-state index contributed by atoms with van der Waals surface area (Å²) in [7, 11) is 0. The van der Waals surface area contributed by atoms with Gasteiger partial charge in [0.25, 0.3) is 5.56 Å². The second kappa shape index (κ2) is 6.84. The van der Waals surface area contributed by atoms with Crippen molar-refractivity contribution in [2.75, 3.05) is 5.75 Å². The average molecular weight is 332 g/mol. The molecule has 2 aromatic heterocycles. The van der Waals surface area contributed by atoms with Gasteiger partial charge in [0, 0.05) is 23.1 Å². The van der Waals surface area contributed by atoms with Gasteiger partial charge >= 0.3 is 0 Å². The number of fused-ring (bicyclic) bond motifs is 3. The van der Waals surface area contributed by atoms with Crippen molar-refractivity contribution in [1.82, 2.24) is 20.4 Å². The van der Waals surface area contributed by atoms with Gasteiger partial charge in [-0.3, -0.25) is 19.8 Å². The quantitative estimate of drug-likeness (QED) is 0.182. The molecule has 0 aliphatic carbocycles. The minimum Gasteiger partial charge on any atom is -0.349 e. The number of H-pyrrole nitrogens is 2.